The Morgan fingerprint density at radius 2 is 2.04 bits per heavy atom. The summed E-state index contributed by atoms with van der Waals surface area (Å²) in [4.78, 5) is 8.47. The highest BCUT2D eigenvalue weighted by atomic mass is 35.5. The van der Waals surface area contributed by atoms with E-state index in [4.69, 9.17) is 21.4 Å². The largest absolute Gasteiger partial charge is 0.368 e. The van der Waals surface area contributed by atoms with Crippen molar-refractivity contribution in [2.24, 2.45) is 0 Å². The molecule has 0 amide bonds. The molecule has 0 aliphatic rings. The minimum absolute atomic E-state index is 0.500. The topological polar surface area (TPSA) is 87.6 Å². The highest BCUT2D eigenvalue weighted by Gasteiger charge is 2.09. The van der Waals surface area contributed by atoms with E-state index in [1.807, 2.05) is 12.1 Å². The summed E-state index contributed by atoms with van der Waals surface area (Å²) >= 11 is 5.85. The van der Waals surface area contributed by atoms with Gasteiger partial charge in [0.25, 0.3) is 0 Å². The van der Waals surface area contributed by atoms with Gasteiger partial charge in [0.1, 0.15) is 11.9 Å². The summed E-state index contributed by atoms with van der Waals surface area (Å²) in [6.07, 6.45) is 2.16. The maximum absolute atomic E-state index is 9.00. The summed E-state index contributed by atoms with van der Waals surface area (Å²) in [6.45, 7) is 0.536. The third kappa shape index (κ3) is 3.65. The highest BCUT2D eigenvalue weighted by molar-refractivity contribution is 6.30. The van der Waals surface area contributed by atoms with E-state index in [2.05, 4.69) is 26.5 Å². The normalized spacial score (nSPS) is 10.3. The van der Waals surface area contributed by atoms with Gasteiger partial charge in [-0.2, -0.15) is 10.2 Å². The predicted octanol–water partition coefficient (Wildman–Crippen LogP) is 3.31. The first-order chi connectivity index (χ1) is 11.3. The molecule has 1 N–H and O–H groups in total. The minimum Gasteiger partial charge on any atom is -0.368 e. The number of nitriles is 1. The molecule has 0 unspecified atom stereocenters. The van der Waals surface area contributed by atoms with Crippen molar-refractivity contribution in [2.75, 3.05) is 11.9 Å². The van der Waals surface area contributed by atoms with Crippen LogP contribution >= 0.6 is 11.6 Å². The second-order valence-corrected chi connectivity index (χ2v) is 5.14. The number of nitrogens with one attached hydrogen (secondary N) is 1. The Bertz CT molecular complexity index is 838. The summed E-state index contributed by atoms with van der Waals surface area (Å²) in [6, 6.07) is 12.7. The molecule has 0 saturated carbocycles. The van der Waals surface area contributed by atoms with Crippen LogP contribution in [0.25, 0.3) is 11.4 Å². The van der Waals surface area contributed by atoms with Crippen LogP contribution in [0, 0.1) is 11.3 Å². The third-order valence-corrected chi connectivity index (χ3v) is 3.38. The summed E-state index contributed by atoms with van der Waals surface area (Å²) in [7, 11) is 0. The van der Waals surface area contributed by atoms with E-state index < -0.39 is 0 Å². The molecule has 1 aromatic carbocycles. The zero-order valence-corrected chi connectivity index (χ0v) is 12.8. The van der Waals surface area contributed by atoms with Crippen LogP contribution in [0.2, 0.25) is 5.02 Å². The number of rotatable bonds is 5. The maximum atomic E-state index is 9.00. The molecule has 114 valence electrons. The molecular weight excluding hydrogens is 314 g/mol. The maximum Gasteiger partial charge on any atom is 0.228 e. The van der Waals surface area contributed by atoms with Gasteiger partial charge >= 0.3 is 0 Å². The molecule has 0 spiro atoms. The summed E-state index contributed by atoms with van der Waals surface area (Å²) < 4.78 is 5.22. The summed E-state index contributed by atoms with van der Waals surface area (Å²) in [5, 5.41) is 16.7. The number of aromatic nitrogens is 3. The van der Waals surface area contributed by atoms with E-state index in [0.717, 1.165) is 5.56 Å². The lowest BCUT2D eigenvalue weighted by atomic mass is 10.2. The molecule has 0 saturated heterocycles. The molecule has 7 heteroatoms. The van der Waals surface area contributed by atoms with Crippen LogP contribution in [0.1, 0.15) is 11.5 Å². The van der Waals surface area contributed by atoms with Crippen molar-refractivity contribution in [1.82, 2.24) is 15.1 Å². The number of pyridine rings is 1. The third-order valence-electron chi connectivity index (χ3n) is 3.13. The van der Waals surface area contributed by atoms with Crippen LogP contribution in [-0.4, -0.2) is 21.7 Å². The fourth-order valence-corrected chi connectivity index (χ4v) is 2.12. The van der Waals surface area contributed by atoms with Gasteiger partial charge in [-0.25, -0.2) is 4.98 Å². The lowest BCUT2D eigenvalue weighted by molar-refractivity contribution is 0.381. The fraction of sp³-hybridized carbons (Fsp3) is 0.125. The molecular formula is C16H12ClN5O. The summed E-state index contributed by atoms with van der Waals surface area (Å²) in [5.74, 6) is 1.58. The highest BCUT2D eigenvalue weighted by Crippen LogP contribution is 2.18. The SMILES string of the molecule is N#Cc1cccnc1NCCc1nc(-c2ccc(Cl)cc2)no1. The number of nitrogens with zero attached hydrogens (tertiary/aromatic N) is 4. The van der Waals surface area contributed by atoms with Crippen LogP contribution in [0.15, 0.2) is 47.1 Å². The molecule has 2 heterocycles. The van der Waals surface area contributed by atoms with Crippen molar-refractivity contribution in [2.45, 2.75) is 6.42 Å². The molecule has 3 rings (SSSR count). The van der Waals surface area contributed by atoms with Crippen LogP contribution in [-0.2, 0) is 6.42 Å². The Hall–Kier alpha value is -2.91. The molecule has 6 nitrogen and oxygen atoms in total. The monoisotopic (exact) mass is 325 g/mol. The van der Waals surface area contributed by atoms with Gasteiger partial charge in [-0.05, 0) is 36.4 Å². The predicted molar refractivity (Wildman–Crippen MR) is 85.9 cm³/mol. The Morgan fingerprint density at radius 3 is 2.83 bits per heavy atom. The number of halogens is 1. The Labute approximate surface area is 137 Å². The first-order valence-corrected chi connectivity index (χ1v) is 7.31. The van der Waals surface area contributed by atoms with Crippen molar-refractivity contribution < 1.29 is 4.52 Å². The smallest absolute Gasteiger partial charge is 0.228 e. The number of hydrogen-bond donors (Lipinski definition) is 1. The van der Waals surface area contributed by atoms with Crippen LogP contribution in [0.4, 0.5) is 5.82 Å². The Morgan fingerprint density at radius 1 is 1.22 bits per heavy atom. The fourth-order valence-electron chi connectivity index (χ4n) is 2.00. The van der Waals surface area contributed by atoms with E-state index in [-0.39, 0.29) is 0 Å². The van der Waals surface area contributed by atoms with E-state index >= 15 is 0 Å². The van der Waals surface area contributed by atoms with Crippen LogP contribution in [0.3, 0.4) is 0 Å². The molecule has 0 aliphatic heterocycles. The zero-order chi connectivity index (χ0) is 16.1. The molecule has 0 atom stereocenters. The van der Waals surface area contributed by atoms with Crippen molar-refractivity contribution in [3.8, 4) is 17.5 Å². The van der Waals surface area contributed by atoms with Gasteiger partial charge in [0.2, 0.25) is 11.7 Å². The zero-order valence-electron chi connectivity index (χ0n) is 12.0. The van der Waals surface area contributed by atoms with Gasteiger partial charge in [-0.1, -0.05) is 16.8 Å². The quantitative estimate of drug-likeness (QED) is 0.774. The van der Waals surface area contributed by atoms with Gasteiger partial charge in [-0.15, -0.1) is 0 Å². The average Bonchev–Trinajstić information content (AvgIpc) is 3.05. The first-order valence-electron chi connectivity index (χ1n) is 6.94. The van der Waals surface area contributed by atoms with E-state index in [1.165, 1.54) is 0 Å². The average molecular weight is 326 g/mol. The molecule has 0 aliphatic carbocycles. The minimum atomic E-state index is 0.500. The van der Waals surface area contributed by atoms with Gasteiger partial charge < -0.3 is 9.84 Å². The molecule has 2 aromatic heterocycles. The molecule has 0 fully saturated rings. The van der Waals surface area contributed by atoms with Crippen molar-refractivity contribution >= 4 is 17.4 Å². The van der Waals surface area contributed by atoms with Crippen molar-refractivity contribution in [1.29, 1.82) is 5.26 Å². The lowest BCUT2D eigenvalue weighted by Crippen LogP contribution is -2.07. The van der Waals surface area contributed by atoms with E-state index in [1.54, 1.807) is 30.5 Å². The Kier molecular flexibility index (Phi) is 4.50. The van der Waals surface area contributed by atoms with Gasteiger partial charge in [0.05, 0.1) is 5.56 Å². The van der Waals surface area contributed by atoms with Gasteiger partial charge in [-0.3, -0.25) is 0 Å². The van der Waals surface area contributed by atoms with E-state index in [0.29, 0.717) is 41.1 Å². The second kappa shape index (κ2) is 6.90. The summed E-state index contributed by atoms with van der Waals surface area (Å²) in [5.41, 5.74) is 1.34. The van der Waals surface area contributed by atoms with Crippen LogP contribution < -0.4 is 5.32 Å². The lowest BCUT2D eigenvalue weighted by Gasteiger charge is -2.04. The van der Waals surface area contributed by atoms with Gasteiger partial charge in [0.15, 0.2) is 0 Å². The second-order valence-electron chi connectivity index (χ2n) is 4.71. The number of benzene rings is 1. The molecule has 0 radical (unpaired) electrons. The molecule has 0 bridgehead atoms. The first kappa shape index (κ1) is 15.0. The molecule has 23 heavy (non-hydrogen) atoms. The van der Waals surface area contributed by atoms with Crippen LogP contribution in [0.5, 0.6) is 0 Å². The van der Waals surface area contributed by atoms with Crippen molar-refractivity contribution in [3.05, 3.63) is 59.1 Å². The van der Waals surface area contributed by atoms with Gasteiger partial charge in [0, 0.05) is 29.7 Å². The van der Waals surface area contributed by atoms with Crippen molar-refractivity contribution in [3.63, 3.8) is 0 Å². The standard InChI is InChI=1S/C16H12ClN5O/c17-13-5-3-11(4-6-13)16-21-14(23-22-16)7-9-20-15-12(10-18)2-1-8-19-15/h1-6,8H,7,9H2,(H,19,20). The number of hydrogen-bond acceptors (Lipinski definition) is 6. The van der Waals surface area contributed by atoms with E-state index in [9.17, 15) is 0 Å². The number of anilines is 1. The Balaban J connectivity index is 1.61. The molecule has 3 aromatic rings.